The first kappa shape index (κ1) is 17.2. The van der Waals surface area contributed by atoms with Gasteiger partial charge in [-0.3, -0.25) is 4.79 Å². The van der Waals surface area contributed by atoms with Gasteiger partial charge in [0.05, 0.1) is 12.0 Å². The smallest absolute Gasteiger partial charge is 0.394 e. The van der Waals surface area contributed by atoms with Gasteiger partial charge in [-0.05, 0) is 30.7 Å². The molecule has 1 fully saturated rings. The number of carboxylic acids is 1. The van der Waals surface area contributed by atoms with Crippen LogP contribution in [-0.2, 0) is 19.6 Å². The Morgan fingerprint density at radius 3 is 2.26 bits per heavy atom. The zero-order valence-corrected chi connectivity index (χ0v) is 13.7. The van der Waals surface area contributed by atoms with Crippen molar-refractivity contribution < 1.29 is 27.9 Å². The summed E-state index contributed by atoms with van der Waals surface area (Å²) in [7, 11) is -2.19. The average molecular weight is 342 g/mol. The van der Waals surface area contributed by atoms with Gasteiger partial charge >= 0.3 is 11.9 Å². The van der Waals surface area contributed by atoms with Gasteiger partial charge < -0.3 is 14.7 Å². The second kappa shape index (κ2) is 6.55. The van der Waals surface area contributed by atoms with Gasteiger partial charge in [-0.2, -0.15) is 4.31 Å². The molecule has 1 heterocycles. The van der Waals surface area contributed by atoms with Crippen LogP contribution < -0.4 is 4.74 Å². The number of carbonyl (C=O) groups is 2. The first-order valence-electron chi connectivity index (χ1n) is 6.94. The number of nitrogens with zero attached hydrogens (tertiary/aromatic N) is 2. The molecule has 23 heavy (non-hydrogen) atoms. The van der Waals surface area contributed by atoms with Gasteiger partial charge in [0.15, 0.2) is 0 Å². The van der Waals surface area contributed by atoms with Crippen molar-refractivity contribution in [2.45, 2.75) is 11.8 Å². The first-order chi connectivity index (χ1) is 10.8. The summed E-state index contributed by atoms with van der Waals surface area (Å²) in [6.45, 7) is 1.92. The van der Waals surface area contributed by atoms with E-state index in [2.05, 4.69) is 0 Å². The summed E-state index contributed by atoms with van der Waals surface area (Å²) in [4.78, 5) is 23.4. The molecule has 0 aromatic heterocycles. The Bertz CT molecular complexity index is 723. The van der Waals surface area contributed by atoms with Crippen molar-refractivity contribution in [2.24, 2.45) is 0 Å². The lowest BCUT2D eigenvalue weighted by Crippen LogP contribution is -2.52. The number of ether oxygens (including phenoxy) is 1. The van der Waals surface area contributed by atoms with Gasteiger partial charge in [0.1, 0.15) is 5.75 Å². The zero-order valence-electron chi connectivity index (χ0n) is 12.9. The van der Waals surface area contributed by atoms with E-state index in [9.17, 15) is 18.0 Å². The predicted molar refractivity (Wildman–Crippen MR) is 80.7 cm³/mol. The molecule has 2 rings (SSSR count). The fourth-order valence-corrected chi connectivity index (χ4v) is 4.07. The highest BCUT2D eigenvalue weighted by Gasteiger charge is 2.32. The number of rotatable bonds is 3. The van der Waals surface area contributed by atoms with Gasteiger partial charge in [-0.15, -0.1) is 0 Å². The van der Waals surface area contributed by atoms with Crippen LogP contribution in [0.4, 0.5) is 0 Å². The molecular weight excluding hydrogens is 324 g/mol. The quantitative estimate of drug-likeness (QED) is 0.771. The summed E-state index contributed by atoms with van der Waals surface area (Å²) >= 11 is 0. The lowest BCUT2D eigenvalue weighted by molar-refractivity contribution is -0.156. The number of piperazine rings is 1. The second-order valence-electron chi connectivity index (χ2n) is 5.13. The molecule has 9 heteroatoms. The molecule has 0 atom stereocenters. The van der Waals surface area contributed by atoms with Crippen molar-refractivity contribution in [3.8, 4) is 5.75 Å². The fourth-order valence-electron chi connectivity index (χ4n) is 2.44. The number of aryl methyl sites for hydroxylation is 1. The fraction of sp³-hybridized carbons (Fsp3) is 0.429. The maximum atomic E-state index is 12.7. The van der Waals surface area contributed by atoms with Crippen LogP contribution in [0.2, 0.25) is 0 Å². The Labute approximate surface area is 134 Å². The predicted octanol–water partition coefficient (Wildman–Crippen LogP) is -0.0789. The molecule has 0 unspecified atom stereocenters. The van der Waals surface area contributed by atoms with Crippen LogP contribution >= 0.6 is 0 Å². The summed E-state index contributed by atoms with van der Waals surface area (Å²) < 4.78 is 31.7. The van der Waals surface area contributed by atoms with Gasteiger partial charge in [0.2, 0.25) is 10.0 Å². The van der Waals surface area contributed by atoms with E-state index in [0.717, 1.165) is 4.90 Å². The van der Waals surface area contributed by atoms with Crippen LogP contribution in [0.5, 0.6) is 5.75 Å². The van der Waals surface area contributed by atoms with E-state index in [-0.39, 0.29) is 31.1 Å². The van der Waals surface area contributed by atoms with Crippen LogP contribution in [-0.4, -0.2) is 67.9 Å². The SMILES string of the molecule is COc1ccc(S(=O)(=O)N2CCN(C(=O)C(=O)O)CC2)c(C)c1. The molecule has 1 saturated heterocycles. The van der Waals surface area contributed by atoms with Crippen molar-refractivity contribution >= 4 is 21.9 Å². The van der Waals surface area contributed by atoms with Crippen LogP contribution in [0.3, 0.4) is 0 Å². The largest absolute Gasteiger partial charge is 0.497 e. The third-order valence-electron chi connectivity index (χ3n) is 3.71. The Kier molecular flexibility index (Phi) is 4.90. The van der Waals surface area contributed by atoms with Crippen LogP contribution in [0.25, 0.3) is 0 Å². The van der Waals surface area contributed by atoms with E-state index in [1.54, 1.807) is 19.1 Å². The molecule has 1 aromatic carbocycles. The monoisotopic (exact) mass is 342 g/mol. The third kappa shape index (κ3) is 3.45. The summed E-state index contributed by atoms with van der Waals surface area (Å²) in [5, 5.41) is 8.69. The summed E-state index contributed by atoms with van der Waals surface area (Å²) in [6.07, 6.45) is 0. The average Bonchev–Trinajstić information content (AvgIpc) is 2.53. The van der Waals surface area contributed by atoms with Crippen LogP contribution in [0.15, 0.2) is 23.1 Å². The number of benzene rings is 1. The number of methoxy groups -OCH3 is 1. The van der Waals surface area contributed by atoms with Crippen molar-refractivity contribution in [3.63, 3.8) is 0 Å². The van der Waals surface area contributed by atoms with E-state index in [1.165, 1.54) is 17.5 Å². The Hall–Kier alpha value is -2.13. The highest BCUT2D eigenvalue weighted by molar-refractivity contribution is 7.89. The zero-order chi connectivity index (χ0) is 17.2. The Morgan fingerprint density at radius 1 is 1.17 bits per heavy atom. The number of sulfonamides is 1. The summed E-state index contributed by atoms with van der Waals surface area (Å²) in [6, 6.07) is 4.69. The number of carboxylic acid groups (broad SMARTS) is 1. The van der Waals surface area contributed by atoms with Gasteiger partial charge in [0, 0.05) is 26.2 Å². The molecular formula is C14H18N2O6S. The first-order valence-corrected chi connectivity index (χ1v) is 8.38. The summed E-state index contributed by atoms with van der Waals surface area (Å²) in [5.41, 5.74) is 0.563. The lowest BCUT2D eigenvalue weighted by atomic mass is 10.2. The normalized spacial score (nSPS) is 16.2. The van der Waals surface area contributed by atoms with Gasteiger partial charge in [-0.1, -0.05) is 0 Å². The van der Waals surface area contributed by atoms with E-state index >= 15 is 0 Å². The molecule has 126 valence electrons. The maximum Gasteiger partial charge on any atom is 0.394 e. The molecule has 1 aromatic rings. The number of aliphatic carboxylic acids is 1. The minimum atomic E-state index is -3.69. The van der Waals surface area contributed by atoms with Crippen molar-refractivity contribution in [3.05, 3.63) is 23.8 Å². The number of hydrogen-bond donors (Lipinski definition) is 1. The minimum Gasteiger partial charge on any atom is -0.497 e. The molecule has 1 N–H and O–H groups in total. The van der Waals surface area contributed by atoms with Crippen LogP contribution in [0.1, 0.15) is 5.56 Å². The van der Waals surface area contributed by atoms with Crippen molar-refractivity contribution in [2.75, 3.05) is 33.3 Å². The minimum absolute atomic E-state index is 0.0551. The molecule has 1 aliphatic rings. The molecule has 0 bridgehead atoms. The molecule has 0 saturated carbocycles. The summed E-state index contributed by atoms with van der Waals surface area (Å²) in [5.74, 6) is -1.98. The highest BCUT2D eigenvalue weighted by Crippen LogP contribution is 2.24. The van der Waals surface area contributed by atoms with E-state index in [0.29, 0.717) is 11.3 Å². The van der Waals surface area contributed by atoms with E-state index < -0.39 is 21.9 Å². The maximum absolute atomic E-state index is 12.7. The van der Waals surface area contributed by atoms with Crippen molar-refractivity contribution in [1.29, 1.82) is 0 Å². The molecule has 0 radical (unpaired) electrons. The Balaban J connectivity index is 2.16. The molecule has 1 aliphatic heterocycles. The molecule has 8 nitrogen and oxygen atoms in total. The molecule has 0 spiro atoms. The van der Waals surface area contributed by atoms with Gasteiger partial charge in [-0.25, -0.2) is 13.2 Å². The number of hydrogen-bond acceptors (Lipinski definition) is 5. The Morgan fingerprint density at radius 2 is 1.78 bits per heavy atom. The van der Waals surface area contributed by atoms with E-state index in [4.69, 9.17) is 9.84 Å². The number of carbonyl (C=O) groups excluding carboxylic acids is 1. The lowest BCUT2D eigenvalue weighted by Gasteiger charge is -2.33. The van der Waals surface area contributed by atoms with Crippen molar-refractivity contribution in [1.82, 2.24) is 9.21 Å². The van der Waals surface area contributed by atoms with Crippen LogP contribution in [0, 0.1) is 6.92 Å². The third-order valence-corrected chi connectivity index (χ3v) is 5.77. The van der Waals surface area contributed by atoms with E-state index in [1.807, 2.05) is 0 Å². The topological polar surface area (TPSA) is 104 Å². The standard InChI is InChI=1S/C14H18N2O6S/c1-10-9-11(22-2)3-4-12(10)23(20,21)16-7-5-15(6-8-16)13(17)14(18)19/h3-4,9H,5-8H2,1-2H3,(H,18,19). The molecule has 1 amide bonds. The second-order valence-corrected chi connectivity index (χ2v) is 7.04. The highest BCUT2D eigenvalue weighted by atomic mass is 32.2. The van der Waals surface area contributed by atoms with Gasteiger partial charge in [0.25, 0.3) is 0 Å². The number of amides is 1. The molecule has 0 aliphatic carbocycles.